The predicted molar refractivity (Wildman–Crippen MR) is 73.8 cm³/mol. The first kappa shape index (κ1) is 14.6. The third kappa shape index (κ3) is 5.35. The van der Waals surface area contributed by atoms with Gasteiger partial charge >= 0.3 is 0 Å². The first-order valence-electron chi connectivity index (χ1n) is 7.25. The van der Waals surface area contributed by atoms with Crippen molar-refractivity contribution in [2.45, 2.75) is 51.4 Å². The topological polar surface area (TPSA) is 54.6 Å². The van der Waals surface area contributed by atoms with Gasteiger partial charge in [0, 0.05) is 18.7 Å². The van der Waals surface area contributed by atoms with Gasteiger partial charge < -0.3 is 19.6 Å². The van der Waals surface area contributed by atoms with Crippen molar-refractivity contribution in [2.75, 3.05) is 13.2 Å². The second kappa shape index (κ2) is 7.68. The molecule has 0 radical (unpaired) electrons. The summed E-state index contributed by atoms with van der Waals surface area (Å²) in [4.78, 5) is 0. The Hall–Kier alpha value is -0.840. The summed E-state index contributed by atoms with van der Waals surface area (Å²) in [6.45, 7) is 3.99. The molecule has 4 heteroatoms. The minimum Gasteiger partial charge on any atom is -0.472 e. The highest BCUT2D eigenvalue weighted by Gasteiger charge is 2.19. The molecule has 108 valence electrons. The fraction of sp³-hybridized carbons (Fsp3) is 0.733. The Morgan fingerprint density at radius 3 is 2.89 bits per heavy atom. The quantitative estimate of drug-likeness (QED) is 0.796. The van der Waals surface area contributed by atoms with Crippen LogP contribution in [0.4, 0.5) is 0 Å². The van der Waals surface area contributed by atoms with Gasteiger partial charge in [0.1, 0.15) is 0 Å². The van der Waals surface area contributed by atoms with Crippen LogP contribution in [0.5, 0.6) is 0 Å². The first-order chi connectivity index (χ1) is 9.24. The standard InChI is InChI=1S/C15H25NO3/c1-12-2-4-15(5-3-12)19-11-14(17)9-16-8-13-6-7-18-10-13/h6-7,10,12,14-17H,2-5,8-9,11H2,1H3. The van der Waals surface area contributed by atoms with E-state index in [1.165, 1.54) is 12.8 Å². The van der Waals surface area contributed by atoms with Crippen LogP contribution in [0.25, 0.3) is 0 Å². The third-order valence-electron chi connectivity index (χ3n) is 3.78. The normalized spacial score (nSPS) is 25.4. The third-order valence-corrected chi connectivity index (χ3v) is 3.78. The number of aliphatic hydroxyl groups is 1. The number of aliphatic hydroxyl groups excluding tert-OH is 1. The summed E-state index contributed by atoms with van der Waals surface area (Å²) in [6, 6.07) is 1.92. The number of ether oxygens (including phenoxy) is 1. The average Bonchev–Trinajstić information content (AvgIpc) is 2.91. The Morgan fingerprint density at radius 1 is 1.42 bits per heavy atom. The summed E-state index contributed by atoms with van der Waals surface area (Å²) in [5.41, 5.74) is 1.09. The molecule has 0 aromatic carbocycles. The van der Waals surface area contributed by atoms with E-state index in [0.29, 0.717) is 25.8 Å². The lowest BCUT2D eigenvalue weighted by atomic mass is 9.89. The minimum absolute atomic E-state index is 0.347. The van der Waals surface area contributed by atoms with Gasteiger partial charge in [0.2, 0.25) is 0 Å². The lowest BCUT2D eigenvalue weighted by Gasteiger charge is -2.27. The van der Waals surface area contributed by atoms with E-state index >= 15 is 0 Å². The summed E-state index contributed by atoms with van der Waals surface area (Å²) in [7, 11) is 0. The Labute approximate surface area is 115 Å². The highest BCUT2D eigenvalue weighted by Crippen LogP contribution is 2.25. The highest BCUT2D eigenvalue weighted by molar-refractivity contribution is 5.04. The summed E-state index contributed by atoms with van der Waals surface area (Å²) in [6.07, 6.45) is 8.04. The maximum atomic E-state index is 9.85. The fourth-order valence-electron chi connectivity index (χ4n) is 2.48. The zero-order chi connectivity index (χ0) is 13.5. The summed E-state index contributed by atoms with van der Waals surface area (Å²) >= 11 is 0. The second-order valence-corrected chi connectivity index (χ2v) is 5.63. The Morgan fingerprint density at radius 2 is 2.21 bits per heavy atom. The van der Waals surface area contributed by atoms with Crippen LogP contribution in [0.3, 0.4) is 0 Å². The first-order valence-corrected chi connectivity index (χ1v) is 7.25. The van der Waals surface area contributed by atoms with E-state index in [0.717, 1.165) is 24.3 Å². The van der Waals surface area contributed by atoms with Crippen molar-refractivity contribution in [3.8, 4) is 0 Å². The van der Waals surface area contributed by atoms with Gasteiger partial charge in [-0.05, 0) is 37.7 Å². The van der Waals surface area contributed by atoms with Gasteiger partial charge in [-0.3, -0.25) is 0 Å². The molecule has 0 aliphatic heterocycles. The van der Waals surface area contributed by atoms with Crippen molar-refractivity contribution < 1.29 is 14.3 Å². The maximum Gasteiger partial charge on any atom is 0.0947 e. The van der Waals surface area contributed by atoms with Gasteiger partial charge in [-0.25, -0.2) is 0 Å². The van der Waals surface area contributed by atoms with Crippen molar-refractivity contribution in [2.24, 2.45) is 5.92 Å². The van der Waals surface area contributed by atoms with Crippen LogP contribution >= 0.6 is 0 Å². The molecule has 2 rings (SSSR count). The molecule has 0 bridgehead atoms. The summed E-state index contributed by atoms with van der Waals surface area (Å²) < 4.78 is 10.8. The van der Waals surface area contributed by atoms with E-state index in [-0.39, 0.29) is 0 Å². The Balaban J connectivity index is 1.53. The van der Waals surface area contributed by atoms with E-state index < -0.39 is 6.10 Å². The molecule has 1 atom stereocenters. The van der Waals surface area contributed by atoms with Crippen molar-refractivity contribution in [1.82, 2.24) is 5.32 Å². The number of hydrogen-bond acceptors (Lipinski definition) is 4. The number of furan rings is 1. The largest absolute Gasteiger partial charge is 0.472 e. The molecule has 1 heterocycles. The zero-order valence-electron chi connectivity index (χ0n) is 11.7. The molecule has 1 aliphatic rings. The van der Waals surface area contributed by atoms with Crippen LogP contribution in [0, 0.1) is 5.92 Å². The molecule has 0 amide bonds. The van der Waals surface area contributed by atoms with Crippen molar-refractivity contribution in [1.29, 1.82) is 0 Å². The maximum absolute atomic E-state index is 9.85. The monoisotopic (exact) mass is 267 g/mol. The molecule has 2 N–H and O–H groups in total. The molecule has 19 heavy (non-hydrogen) atoms. The van der Waals surface area contributed by atoms with Gasteiger partial charge in [0.05, 0.1) is 31.3 Å². The molecule has 1 aliphatic carbocycles. The lowest BCUT2D eigenvalue weighted by Crippen LogP contribution is -2.32. The van der Waals surface area contributed by atoms with Crippen molar-refractivity contribution in [3.63, 3.8) is 0 Å². The number of rotatable bonds is 7. The smallest absolute Gasteiger partial charge is 0.0947 e. The molecule has 4 nitrogen and oxygen atoms in total. The van der Waals surface area contributed by atoms with Crippen LogP contribution in [-0.2, 0) is 11.3 Å². The van der Waals surface area contributed by atoms with E-state index in [1.54, 1.807) is 12.5 Å². The van der Waals surface area contributed by atoms with E-state index in [4.69, 9.17) is 9.15 Å². The van der Waals surface area contributed by atoms with Crippen molar-refractivity contribution >= 4 is 0 Å². The van der Waals surface area contributed by atoms with Gasteiger partial charge in [-0.1, -0.05) is 6.92 Å². The Kier molecular flexibility index (Phi) is 5.89. The second-order valence-electron chi connectivity index (χ2n) is 5.63. The highest BCUT2D eigenvalue weighted by atomic mass is 16.5. The SMILES string of the molecule is CC1CCC(OCC(O)CNCc2ccoc2)CC1. The average molecular weight is 267 g/mol. The molecule has 0 saturated heterocycles. The zero-order valence-corrected chi connectivity index (χ0v) is 11.7. The van der Waals surface area contributed by atoms with Crippen LogP contribution < -0.4 is 5.32 Å². The molecular formula is C15H25NO3. The van der Waals surface area contributed by atoms with E-state index in [1.807, 2.05) is 6.07 Å². The van der Waals surface area contributed by atoms with Crippen LogP contribution in [0.1, 0.15) is 38.2 Å². The molecule has 1 saturated carbocycles. The van der Waals surface area contributed by atoms with Crippen LogP contribution in [0.15, 0.2) is 23.0 Å². The van der Waals surface area contributed by atoms with E-state index in [2.05, 4.69) is 12.2 Å². The number of hydrogen-bond donors (Lipinski definition) is 2. The van der Waals surface area contributed by atoms with Crippen LogP contribution in [0.2, 0.25) is 0 Å². The van der Waals surface area contributed by atoms with Gasteiger partial charge in [0.15, 0.2) is 0 Å². The van der Waals surface area contributed by atoms with E-state index in [9.17, 15) is 5.11 Å². The molecule has 1 unspecified atom stereocenters. The molecule has 1 aromatic heterocycles. The van der Waals surface area contributed by atoms with Gasteiger partial charge in [0.25, 0.3) is 0 Å². The van der Waals surface area contributed by atoms with Gasteiger partial charge in [-0.15, -0.1) is 0 Å². The summed E-state index contributed by atoms with van der Waals surface area (Å²) in [5, 5.41) is 13.0. The van der Waals surface area contributed by atoms with Crippen molar-refractivity contribution in [3.05, 3.63) is 24.2 Å². The van der Waals surface area contributed by atoms with Crippen LogP contribution in [-0.4, -0.2) is 30.5 Å². The lowest BCUT2D eigenvalue weighted by molar-refractivity contribution is -0.0278. The fourth-order valence-corrected chi connectivity index (χ4v) is 2.48. The molecule has 1 fully saturated rings. The predicted octanol–water partition coefficient (Wildman–Crippen LogP) is 2.33. The van der Waals surface area contributed by atoms with Gasteiger partial charge in [-0.2, -0.15) is 0 Å². The minimum atomic E-state index is -0.439. The Bertz CT molecular complexity index is 331. The summed E-state index contributed by atoms with van der Waals surface area (Å²) in [5.74, 6) is 0.835. The molecule has 1 aromatic rings. The molecule has 0 spiro atoms. The number of nitrogens with one attached hydrogen (secondary N) is 1. The molecular weight excluding hydrogens is 242 g/mol.